The third kappa shape index (κ3) is 2.23. The van der Waals surface area contributed by atoms with E-state index < -0.39 is 0 Å². The molecule has 1 aromatic rings. The minimum atomic E-state index is -0.233. The van der Waals surface area contributed by atoms with Crippen LogP contribution in [0, 0.1) is 6.92 Å². The maximum atomic E-state index is 12.1. The molecule has 0 bridgehead atoms. The number of aliphatic hydroxyl groups excluding tert-OH is 1. The maximum Gasteiger partial charge on any atom is 0.266 e. The molecule has 1 amide bonds. The Morgan fingerprint density at radius 1 is 1.81 bits per heavy atom. The number of carbonyl (C=O) groups is 1. The quantitative estimate of drug-likeness (QED) is 0.809. The average Bonchev–Trinajstić information content (AvgIpc) is 2.75. The molecule has 0 saturated carbocycles. The first kappa shape index (κ1) is 11.5. The van der Waals surface area contributed by atoms with Gasteiger partial charge in [-0.3, -0.25) is 4.79 Å². The summed E-state index contributed by atoms with van der Waals surface area (Å²) in [7, 11) is 0. The highest BCUT2D eigenvalue weighted by Crippen LogP contribution is 2.17. The molecule has 1 aliphatic heterocycles. The van der Waals surface area contributed by atoms with E-state index in [2.05, 4.69) is 4.98 Å². The van der Waals surface area contributed by atoms with Crippen molar-refractivity contribution in [2.75, 3.05) is 26.4 Å². The zero-order valence-electron chi connectivity index (χ0n) is 9.05. The highest BCUT2D eigenvalue weighted by atomic mass is 32.1. The SMILES string of the molecule is Cc1ncc(C(=O)N2CCOCC2CO)s1. The van der Waals surface area contributed by atoms with Crippen LogP contribution in [0.5, 0.6) is 0 Å². The molecule has 1 unspecified atom stereocenters. The monoisotopic (exact) mass is 242 g/mol. The summed E-state index contributed by atoms with van der Waals surface area (Å²) in [6.07, 6.45) is 1.59. The Morgan fingerprint density at radius 2 is 2.62 bits per heavy atom. The van der Waals surface area contributed by atoms with E-state index in [1.165, 1.54) is 11.3 Å². The Labute approximate surface area is 97.7 Å². The number of thiazole rings is 1. The molecule has 0 aliphatic carbocycles. The van der Waals surface area contributed by atoms with E-state index in [0.717, 1.165) is 5.01 Å². The van der Waals surface area contributed by atoms with Gasteiger partial charge in [-0.25, -0.2) is 4.98 Å². The number of hydrogen-bond donors (Lipinski definition) is 1. The van der Waals surface area contributed by atoms with Crippen molar-refractivity contribution in [3.63, 3.8) is 0 Å². The number of nitrogens with zero attached hydrogens (tertiary/aromatic N) is 2. The first-order valence-electron chi connectivity index (χ1n) is 5.14. The minimum absolute atomic E-state index is 0.0621. The number of morpholine rings is 1. The Kier molecular flexibility index (Phi) is 3.52. The van der Waals surface area contributed by atoms with Crippen LogP contribution in [0.15, 0.2) is 6.20 Å². The van der Waals surface area contributed by atoms with Gasteiger partial charge < -0.3 is 14.7 Å². The van der Waals surface area contributed by atoms with Crippen LogP contribution in [-0.2, 0) is 4.74 Å². The molecule has 1 fully saturated rings. The smallest absolute Gasteiger partial charge is 0.266 e. The predicted molar refractivity (Wildman–Crippen MR) is 59.6 cm³/mol. The lowest BCUT2D eigenvalue weighted by Crippen LogP contribution is -2.50. The van der Waals surface area contributed by atoms with Crippen LogP contribution in [0.2, 0.25) is 0 Å². The molecule has 5 nitrogen and oxygen atoms in total. The number of aromatic nitrogens is 1. The Bertz CT molecular complexity index is 380. The molecule has 1 aliphatic rings. The fourth-order valence-electron chi connectivity index (χ4n) is 1.68. The van der Waals surface area contributed by atoms with Crippen LogP contribution in [-0.4, -0.2) is 53.3 Å². The van der Waals surface area contributed by atoms with Crippen molar-refractivity contribution in [1.82, 2.24) is 9.88 Å². The van der Waals surface area contributed by atoms with Crippen LogP contribution in [0.3, 0.4) is 0 Å². The normalized spacial score (nSPS) is 21.1. The van der Waals surface area contributed by atoms with Crippen molar-refractivity contribution in [2.45, 2.75) is 13.0 Å². The topological polar surface area (TPSA) is 62.7 Å². The molecule has 88 valence electrons. The number of carbonyl (C=O) groups excluding carboxylic acids is 1. The maximum absolute atomic E-state index is 12.1. The molecule has 16 heavy (non-hydrogen) atoms. The van der Waals surface area contributed by atoms with E-state index in [-0.39, 0.29) is 18.6 Å². The van der Waals surface area contributed by atoms with Gasteiger partial charge >= 0.3 is 0 Å². The summed E-state index contributed by atoms with van der Waals surface area (Å²) < 4.78 is 5.23. The second-order valence-corrected chi connectivity index (χ2v) is 4.89. The van der Waals surface area contributed by atoms with E-state index in [9.17, 15) is 9.90 Å². The van der Waals surface area contributed by atoms with Crippen molar-refractivity contribution in [3.8, 4) is 0 Å². The molecule has 1 saturated heterocycles. The third-order valence-electron chi connectivity index (χ3n) is 2.53. The molecule has 1 aromatic heterocycles. The second-order valence-electron chi connectivity index (χ2n) is 3.65. The van der Waals surface area contributed by atoms with Gasteiger partial charge in [0.2, 0.25) is 0 Å². The first-order chi connectivity index (χ1) is 7.72. The molecular formula is C10H14N2O3S. The zero-order valence-corrected chi connectivity index (χ0v) is 9.87. The number of ether oxygens (including phenoxy) is 1. The van der Waals surface area contributed by atoms with Gasteiger partial charge in [-0.1, -0.05) is 0 Å². The van der Waals surface area contributed by atoms with Gasteiger partial charge in [0, 0.05) is 6.54 Å². The van der Waals surface area contributed by atoms with Gasteiger partial charge in [0.1, 0.15) is 4.88 Å². The van der Waals surface area contributed by atoms with Crippen molar-refractivity contribution in [3.05, 3.63) is 16.1 Å². The summed E-state index contributed by atoms with van der Waals surface area (Å²) in [5, 5.41) is 10.0. The highest BCUT2D eigenvalue weighted by molar-refractivity contribution is 7.13. The number of hydrogen-bond acceptors (Lipinski definition) is 5. The molecule has 1 N–H and O–H groups in total. The van der Waals surface area contributed by atoms with Crippen LogP contribution >= 0.6 is 11.3 Å². The lowest BCUT2D eigenvalue weighted by atomic mass is 10.2. The van der Waals surface area contributed by atoms with Gasteiger partial charge in [-0.05, 0) is 6.92 Å². The summed E-state index contributed by atoms with van der Waals surface area (Å²) in [5.74, 6) is -0.0621. The number of aliphatic hydroxyl groups is 1. The van der Waals surface area contributed by atoms with Crippen LogP contribution in [0.4, 0.5) is 0 Å². The standard InChI is InChI=1S/C10H14N2O3S/c1-7-11-4-9(16-7)10(14)12-2-3-15-6-8(12)5-13/h4,8,13H,2-3,5-6H2,1H3. The molecule has 2 heterocycles. The summed E-state index contributed by atoms with van der Waals surface area (Å²) in [4.78, 5) is 18.5. The minimum Gasteiger partial charge on any atom is -0.394 e. The van der Waals surface area contributed by atoms with Gasteiger partial charge in [-0.2, -0.15) is 0 Å². The van der Waals surface area contributed by atoms with E-state index in [1.54, 1.807) is 11.1 Å². The zero-order chi connectivity index (χ0) is 11.5. The fraction of sp³-hybridized carbons (Fsp3) is 0.600. The van der Waals surface area contributed by atoms with Crippen LogP contribution in [0.25, 0.3) is 0 Å². The molecule has 6 heteroatoms. The van der Waals surface area contributed by atoms with Crippen LogP contribution < -0.4 is 0 Å². The molecule has 0 aromatic carbocycles. The average molecular weight is 242 g/mol. The van der Waals surface area contributed by atoms with E-state index in [0.29, 0.717) is 24.6 Å². The van der Waals surface area contributed by atoms with E-state index in [1.807, 2.05) is 6.92 Å². The summed E-state index contributed by atoms with van der Waals surface area (Å²) in [6.45, 7) is 3.26. The van der Waals surface area contributed by atoms with Crippen molar-refractivity contribution >= 4 is 17.2 Å². The number of amides is 1. The van der Waals surface area contributed by atoms with Gasteiger partial charge in [-0.15, -0.1) is 11.3 Å². The molecule has 1 atom stereocenters. The lowest BCUT2D eigenvalue weighted by molar-refractivity contribution is -0.0181. The number of rotatable bonds is 2. The van der Waals surface area contributed by atoms with Gasteiger partial charge in [0.05, 0.1) is 37.1 Å². The van der Waals surface area contributed by atoms with Crippen LogP contribution in [0.1, 0.15) is 14.7 Å². The first-order valence-corrected chi connectivity index (χ1v) is 5.96. The highest BCUT2D eigenvalue weighted by Gasteiger charge is 2.28. The van der Waals surface area contributed by atoms with E-state index >= 15 is 0 Å². The Balaban J connectivity index is 2.13. The third-order valence-corrected chi connectivity index (χ3v) is 3.43. The van der Waals surface area contributed by atoms with Gasteiger partial charge in [0.25, 0.3) is 5.91 Å². The van der Waals surface area contributed by atoms with Crippen molar-refractivity contribution in [1.29, 1.82) is 0 Å². The second kappa shape index (κ2) is 4.90. The Hall–Kier alpha value is -0.980. The molecule has 2 rings (SSSR count). The molecule has 0 spiro atoms. The molecular weight excluding hydrogens is 228 g/mol. The lowest BCUT2D eigenvalue weighted by Gasteiger charge is -2.34. The summed E-state index contributed by atoms with van der Waals surface area (Å²) in [6, 6.07) is -0.233. The largest absolute Gasteiger partial charge is 0.394 e. The predicted octanol–water partition coefficient (Wildman–Crippen LogP) is 0.285. The number of aryl methyl sites for hydroxylation is 1. The molecule has 0 radical (unpaired) electrons. The van der Waals surface area contributed by atoms with Crippen molar-refractivity contribution < 1.29 is 14.6 Å². The van der Waals surface area contributed by atoms with E-state index in [4.69, 9.17) is 4.74 Å². The van der Waals surface area contributed by atoms with Crippen molar-refractivity contribution in [2.24, 2.45) is 0 Å². The fourth-order valence-corrected chi connectivity index (χ4v) is 2.41. The van der Waals surface area contributed by atoms with Gasteiger partial charge in [0.15, 0.2) is 0 Å². The summed E-state index contributed by atoms with van der Waals surface area (Å²) >= 11 is 1.38. The summed E-state index contributed by atoms with van der Waals surface area (Å²) in [5.41, 5.74) is 0. The Morgan fingerprint density at radius 3 is 3.25 bits per heavy atom.